The van der Waals surface area contributed by atoms with Gasteiger partial charge in [0, 0.05) is 5.56 Å². The Labute approximate surface area is 116 Å². The zero-order valence-corrected chi connectivity index (χ0v) is 11.1. The highest BCUT2D eigenvalue weighted by atomic mass is 16.5. The number of methoxy groups -OCH3 is 1. The highest BCUT2D eigenvalue weighted by Crippen LogP contribution is 2.24. The minimum absolute atomic E-state index is 0.0389. The van der Waals surface area contributed by atoms with Gasteiger partial charge in [-0.1, -0.05) is 12.1 Å². The van der Waals surface area contributed by atoms with Crippen LogP contribution in [-0.4, -0.2) is 18.9 Å². The lowest BCUT2D eigenvalue weighted by molar-refractivity contribution is 0.0563. The Bertz CT molecular complexity index is 682. The van der Waals surface area contributed by atoms with Gasteiger partial charge in [-0.15, -0.1) is 0 Å². The van der Waals surface area contributed by atoms with Gasteiger partial charge < -0.3 is 9.15 Å². The number of ketones is 1. The number of fused-ring (bicyclic) bond motifs is 1. The van der Waals surface area contributed by atoms with Crippen molar-refractivity contribution < 1.29 is 18.7 Å². The van der Waals surface area contributed by atoms with E-state index in [1.165, 1.54) is 30.4 Å². The maximum atomic E-state index is 12.3. The van der Waals surface area contributed by atoms with Crippen LogP contribution in [0.3, 0.4) is 0 Å². The van der Waals surface area contributed by atoms with Crippen molar-refractivity contribution in [3.05, 3.63) is 58.5 Å². The first-order chi connectivity index (χ1) is 9.69. The zero-order valence-electron chi connectivity index (χ0n) is 11.1. The summed E-state index contributed by atoms with van der Waals surface area (Å²) in [7, 11) is 1.27. The van der Waals surface area contributed by atoms with E-state index < -0.39 is 5.97 Å². The summed E-state index contributed by atoms with van der Waals surface area (Å²) in [5.74, 6) is -0.604. The second kappa shape index (κ2) is 4.96. The molecule has 1 heterocycles. The summed E-state index contributed by atoms with van der Waals surface area (Å²) in [5.41, 5.74) is 3.14. The fourth-order valence-electron chi connectivity index (χ4n) is 2.53. The van der Waals surface area contributed by atoms with Gasteiger partial charge in [0.15, 0.2) is 5.76 Å². The van der Waals surface area contributed by atoms with Gasteiger partial charge in [-0.25, -0.2) is 4.79 Å². The van der Waals surface area contributed by atoms with Crippen LogP contribution in [0.2, 0.25) is 0 Å². The molecule has 0 saturated heterocycles. The quantitative estimate of drug-likeness (QED) is 0.635. The standard InChI is InChI=1S/C16H14O4/c1-19-16(18)14-8-7-13(20-14)15(17)12-6-5-10-3-2-4-11(10)9-12/h5-9H,2-4H2,1H3. The first-order valence-corrected chi connectivity index (χ1v) is 6.53. The molecule has 1 aliphatic rings. The Balaban J connectivity index is 1.89. The lowest BCUT2D eigenvalue weighted by atomic mass is 10.0. The SMILES string of the molecule is COC(=O)c1ccc(C(=O)c2ccc3c(c2)CCC3)o1. The largest absolute Gasteiger partial charge is 0.463 e. The van der Waals surface area contributed by atoms with Crippen LogP contribution in [0.25, 0.3) is 0 Å². The number of esters is 1. The van der Waals surface area contributed by atoms with Crippen LogP contribution in [0.5, 0.6) is 0 Å². The molecule has 0 atom stereocenters. The number of rotatable bonds is 3. The van der Waals surface area contributed by atoms with Crippen LogP contribution < -0.4 is 0 Å². The lowest BCUT2D eigenvalue weighted by Crippen LogP contribution is -2.02. The monoisotopic (exact) mass is 270 g/mol. The molecule has 0 spiro atoms. The molecule has 4 nitrogen and oxygen atoms in total. The predicted octanol–water partition coefficient (Wildman–Crippen LogP) is 2.79. The van der Waals surface area contributed by atoms with Crippen molar-refractivity contribution in [1.82, 2.24) is 0 Å². The van der Waals surface area contributed by atoms with Gasteiger partial charge in [-0.2, -0.15) is 0 Å². The molecule has 0 aliphatic heterocycles. The Morgan fingerprint density at radius 2 is 1.80 bits per heavy atom. The van der Waals surface area contributed by atoms with Gasteiger partial charge in [0.2, 0.25) is 11.5 Å². The molecule has 1 aromatic carbocycles. The number of hydrogen-bond donors (Lipinski definition) is 0. The van der Waals surface area contributed by atoms with Gasteiger partial charge in [0.25, 0.3) is 0 Å². The summed E-state index contributed by atoms with van der Waals surface area (Å²) in [6.07, 6.45) is 3.24. The predicted molar refractivity (Wildman–Crippen MR) is 71.9 cm³/mol. The molecular formula is C16H14O4. The number of benzene rings is 1. The maximum absolute atomic E-state index is 12.3. The zero-order chi connectivity index (χ0) is 14.1. The molecular weight excluding hydrogens is 256 g/mol. The lowest BCUT2D eigenvalue weighted by Gasteiger charge is -2.02. The van der Waals surface area contributed by atoms with E-state index in [1.54, 1.807) is 0 Å². The third-order valence-corrected chi connectivity index (χ3v) is 3.58. The molecule has 0 radical (unpaired) electrons. The number of hydrogen-bond acceptors (Lipinski definition) is 4. The van der Waals surface area contributed by atoms with Crippen LogP contribution in [-0.2, 0) is 17.6 Å². The van der Waals surface area contributed by atoms with E-state index in [4.69, 9.17) is 4.42 Å². The number of ether oxygens (including phenoxy) is 1. The number of furan rings is 1. The molecule has 0 fully saturated rings. The molecule has 3 rings (SSSR count). The van der Waals surface area contributed by atoms with Gasteiger partial charge in [0.1, 0.15) is 0 Å². The molecule has 1 aromatic heterocycles. The number of carbonyl (C=O) groups is 2. The second-order valence-corrected chi connectivity index (χ2v) is 4.82. The summed E-state index contributed by atoms with van der Waals surface area (Å²) in [6, 6.07) is 8.69. The maximum Gasteiger partial charge on any atom is 0.373 e. The van der Waals surface area contributed by atoms with Crippen molar-refractivity contribution in [3.8, 4) is 0 Å². The van der Waals surface area contributed by atoms with Crippen LogP contribution in [0, 0.1) is 0 Å². The fraction of sp³-hybridized carbons (Fsp3) is 0.250. The topological polar surface area (TPSA) is 56.5 Å². The molecule has 4 heteroatoms. The van der Waals surface area contributed by atoms with Crippen LogP contribution in [0.4, 0.5) is 0 Å². The average molecular weight is 270 g/mol. The van der Waals surface area contributed by atoms with Gasteiger partial charge in [0.05, 0.1) is 7.11 Å². The van der Waals surface area contributed by atoms with Crippen molar-refractivity contribution in [2.24, 2.45) is 0 Å². The highest BCUT2D eigenvalue weighted by molar-refractivity contribution is 6.07. The second-order valence-electron chi connectivity index (χ2n) is 4.82. The molecule has 0 saturated carbocycles. The van der Waals surface area contributed by atoms with E-state index in [1.807, 2.05) is 18.2 Å². The number of carbonyl (C=O) groups excluding carboxylic acids is 2. The van der Waals surface area contributed by atoms with Gasteiger partial charge in [-0.3, -0.25) is 4.79 Å². The van der Waals surface area contributed by atoms with E-state index >= 15 is 0 Å². The highest BCUT2D eigenvalue weighted by Gasteiger charge is 2.19. The van der Waals surface area contributed by atoms with E-state index in [-0.39, 0.29) is 17.3 Å². The summed E-state index contributed by atoms with van der Waals surface area (Å²) in [4.78, 5) is 23.6. The van der Waals surface area contributed by atoms with E-state index in [0.29, 0.717) is 5.56 Å². The summed E-state index contributed by atoms with van der Waals surface area (Å²) in [5, 5.41) is 0. The van der Waals surface area contributed by atoms with Crippen molar-refractivity contribution in [3.63, 3.8) is 0 Å². The first kappa shape index (κ1) is 12.7. The molecule has 2 aromatic rings. The third kappa shape index (κ3) is 2.13. The minimum atomic E-state index is -0.585. The molecule has 0 unspecified atom stereocenters. The first-order valence-electron chi connectivity index (χ1n) is 6.53. The molecule has 1 aliphatic carbocycles. The van der Waals surface area contributed by atoms with E-state index in [9.17, 15) is 9.59 Å². The van der Waals surface area contributed by atoms with Gasteiger partial charge >= 0.3 is 5.97 Å². The van der Waals surface area contributed by atoms with E-state index in [2.05, 4.69) is 4.74 Å². The Morgan fingerprint density at radius 1 is 1.05 bits per heavy atom. The third-order valence-electron chi connectivity index (χ3n) is 3.58. The summed E-state index contributed by atoms with van der Waals surface area (Å²) in [6.45, 7) is 0. The molecule has 20 heavy (non-hydrogen) atoms. The minimum Gasteiger partial charge on any atom is -0.463 e. The number of aryl methyl sites for hydroxylation is 2. The molecule has 0 amide bonds. The van der Waals surface area contributed by atoms with Crippen LogP contribution in [0.1, 0.15) is 44.2 Å². The smallest absolute Gasteiger partial charge is 0.373 e. The van der Waals surface area contributed by atoms with E-state index in [0.717, 1.165) is 19.3 Å². The van der Waals surface area contributed by atoms with Crippen molar-refractivity contribution in [2.45, 2.75) is 19.3 Å². The van der Waals surface area contributed by atoms with Gasteiger partial charge in [-0.05, 0) is 48.6 Å². The fourth-order valence-corrected chi connectivity index (χ4v) is 2.53. The van der Waals surface area contributed by atoms with Crippen LogP contribution >= 0.6 is 0 Å². The van der Waals surface area contributed by atoms with Crippen LogP contribution in [0.15, 0.2) is 34.7 Å². The molecule has 0 bridgehead atoms. The Morgan fingerprint density at radius 3 is 2.60 bits per heavy atom. The Hall–Kier alpha value is -2.36. The molecule has 0 N–H and O–H groups in total. The average Bonchev–Trinajstić information content (AvgIpc) is 3.13. The summed E-state index contributed by atoms with van der Waals surface area (Å²) < 4.78 is 9.80. The molecule has 102 valence electrons. The van der Waals surface area contributed by atoms with Crippen molar-refractivity contribution >= 4 is 11.8 Å². The Kier molecular flexibility index (Phi) is 3.14. The van der Waals surface area contributed by atoms with Crippen molar-refractivity contribution in [2.75, 3.05) is 7.11 Å². The normalized spacial score (nSPS) is 13.1. The van der Waals surface area contributed by atoms with Crippen molar-refractivity contribution in [1.29, 1.82) is 0 Å². The summed E-state index contributed by atoms with van der Waals surface area (Å²) >= 11 is 0.